The summed E-state index contributed by atoms with van der Waals surface area (Å²) in [5.41, 5.74) is 5.11. The summed E-state index contributed by atoms with van der Waals surface area (Å²) < 4.78 is 10.6. The van der Waals surface area contributed by atoms with E-state index in [1.807, 2.05) is 55.5 Å². The molecule has 0 bridgehead atoms. The molecule has 0 atom stereocenters. The molecular weight excluding hydrogens is 344 g/mol. The van der Waals surface area contributed by atoms with Gasteiger partial charge in [-0.2, -0.15) is 10.2 Å². The fraction of sp³-hybridized carbons (Fsp3) is 0.150. The number of aromatic amines is 1. The lowest BCUT2D eigenvalue weighted by molar-refractivity contribution is 0.0950. The van der Waals surface area contributed by atoms with E-state index in [9.17, 15) is 4.79 Å². The van der Waals surface area contributed by atoms with E-state index < -0.39 is 0 Å². The molecule has 138 valence electrons. The van der Waals surface area contributed by atoms with Gasteiger partial charge in [-0.05, 0) is 42.8 Å². The molecule has 0 fully saturated rings. The number of ether oxygens (including phenoxy) is 2. The Morgan fingerprint density at radius 3 is 2.81 bits per heavy atom. The third-order valence-electron chi connectivity index (χ3n) is 3.74. The molecule has 3 rings (SSSR count). The molecule has 7 heteroatoms. The molecule has 2 N–H and O–H groups in total. The van der Waals surface area contributed by atoms with Gasteiger partial charge >= 0.3 is 0 Å². The van der Waals surface area contributed by atoms with Gasteiger partial charge in [-0.1, -0.05) is 24.3 Å². The van der Waals surface area contributed by atoms with Crippen LogP contribution >= 0.6 is 0 Å². The van der Waals surface area contributed by atoms with Crippen molar-refractivity contribution in [2.24, 2.45) is 5.10 Å². The first-order valence-electron chi connectivity index (χ1n) is 8.45. The number of amides is 1. The number of H-pyrrole nitrogens is 1. The molecule has 1 aromatic heterocycles. The summed E-state index contributed by atoms with van der Waals surface area (Å²) >= 11 is 0. The van der Waals surface area contributed by atoms with E-state index in [0.29, 0.717) is 18.0 Å². The van der Waals surface area contributed by atoms with Crippen LogP contribution in [-0.2, 0) is 0 Å². The number of nitrogens with zero attached hydrogens (tertiary/aromatic N) is 2. The topological polar surface area (TPSA) is 88.6 Å². The maximum absolute atomic E-state index is 12.2. The van der Waals surface area contributed by atoms with Crippen molar-refractivity contribution in [3.8, 4) is 22.8 Å². The highest BCUT2D eigenvalue weighted by Gasteiger charge is 2.11. The SMILES string of the molecule is CCOc1cccc(-c2cc(C(=O)N/N=C/c3cccc(OC)c3)[nH]n2)c1. The summed E-state index contributed by atoms with van der Waals surface area (Å²) in [6, 6.07) is 16.6. The van der Waals surface area contributed by atoms with E-state index in [0.717, 1.165) is 22.6 Å². The summed E-state index contributed by atoms with van der Waals surface area (Å²) in [6.07, 6.45) is 1.54. The van der Waals surface area contributed by atoms with Gasteiger partial charge in [0.15, 0.2) is 0 Å². The van der Waals surface area contributed by atoms with Crippen LogP contribution in [0.3, 0.4) is 0 Å². The van der Waals surface area contributed by atoms with Crippen LogP contribution in [0.5, 0.6) is 11.5 Å². The number of aromatic nitrogens is 2. The first kappa shape index (κ1) is 18.2. The van der Waals surface area contributed by atoms with Crippen molar-refractivity contribution in [2.75, 3.05) is 13.7 Å². The predicted molar refractivity (Wildman–Crippen MR) is 103 cm³/mol. The highest BCUT2D eigenvalue weighted by molar-refractivity contribution is 5.94. The van der Waals surface area contributed by atoms with Gasteiger partial charge in [-0.15, -0.1) is 0 Å². The quantitative estimate of drug-likeness (QED) is 0.497. The van der Waals surface area contributed by atoms with Crippen molar-refractivity contribution < 1.29 is 14.3 Å². The predicted octanol–water partition coefficient (Wildman–Crippen LogP) is 3.25. The van der Waals surface area contributed by atoms with Gasteiger partial charge in [-0.25, -0.2) is 5.43 Å². The molecule has 3 aromatic rings. The Morgan fingerprint density at radius 1 is 1.19 bits per heavy atom. The molecule has 0 unspecified atom stereocenters. The minimum atomic E-state index is -0.381. The van der Waals surface area contributed by atoms with Crippen LogP contribution < -0.4 is 14.9 Å². The summed E-state index contributed by atoms with van der Waals surface area (Å²) in [4.78, 5) is 12.2. The number of hydrogen-bond acceptors (Lipinski definition) is 5. The van der Waals surface area contributed by atoms with E-state index >= 15 is 0 Å². The van der Waals surface area contributed by atoms with Gasteiger partial charge in [0.2, 0.25) is 0 Å². The molecule has 0 radical (unpaired) electrons. The molecule has 0 saturated heterocycles. The highest BCUT2D eigenvalue weighted by Crippen LogP contribution is 2.22. The molecule has 0 aliphatic carbocycles. The number of benzene rings is 2. The minimum absolute atomic E-state index is 0.314. The zero-order valence-corrected chi connectivity index (χ0v) is 15.1. The van der Waals surface area contributed by atoms with Crippen LogP contribution in [0.15, 0.2) is 59.7 Å². The lowest BCUT2D eigenvalue weighted by atomic mass is 10.1. The lowest BCUT2D eigenvalue weighted by Crippen LogP contribution is -2.18. The van der Waals surface area contributed by atoms with E-state index in [1.165, 1.54) is 0 Å². The van der Waals surface area contributed by atoms with Gasteiger partial charge in [0.1, 0.15) is 17.2 Å². The van der Waals surface area contributed by atoms with E-state index in [1.54, 1.807) is 19.4 Å². The summed E-state index contributed by atoms with van der Waals surface area (Å²) in [5.74, 6) is 1.10. The molecule has 1 heterocycles. The van der Waals surface area contributed by atoms with Crippen LogP contribution in [0.2, 0.25) is 0 Å². The van der Waals surface area contributed by atoms with Crippen LogP contribution in [0.25, 0.3) is 11.3 Å². The van der Waals surface area contributed by atoms with E-state index in [2.05, 4.69) is 20.7 Å². The van der Waals surface area contributed by atoms with Gasteiger partial charge in [-0.3, -0.25) is 9.89 Å². The normalized spacial score (nSPS) is 10.7. The number of rotatable bonds is 7. The minimum Gasteiger partial charge on any atom is -0.497 e. The Balaban J connectivity index is 1.66. The molecule has 7 nitrogen and oxygen atoms in total. The summed E-state index contributed by atoms with van der Waals surface area (Å²) in [7, 11) is 1.60. The standard InChI is InChI=1S/C20H20N4O3/c1-3-27-17-9-5-7-15(11-17)18-12-19(23-22-18)20(25)24-21-13-14-6-4-8-16(10-14)26-2/h4-13H,3H2,1-2H3,(H,22,23)(H,24,25)/b21-13+. The van der Waals surface area contributed by atoms with Crippen molar-refractivity contribution in [1.29, 1.82) is 0 Å². The fourth-order valence-corrected chi connectivity index (χ4v) is 2.45. The second-order valence-electron chi connectivity index (χ2n) is 5.60. The molecule has 27 heavy (non-hydrogen) atoms. The second-order valence-corrected chi connectivity index (χ2v) is 5.60. The number of nitrogens with one attached hydrogen (secondary N) is 2. The maximum Gasteiger partial charge on any atom is 0.289 e. The van der Waals surface area contributed by atoms with Gasteiger partial charge in [0, 0.05) is 5.56 Å². The highest BCUT2D eigenvalue weighted by atomic mass is 16.5. The number of carbonyl (C=O) groups is 1. The Kier molecular flexibility index (Phi) is 5.84. The van der Waals surface area contributed by atoms with Crippen molar-refractivity contribution in [1.82, 2.24) is 15.6 Å². The van der Waals surface area contributed by atoms with Crippen molar-refractivity contribution in [3.63, 3.8) is 0 Å². The molecule has 2 aromatic carbocycles. The zero-order chi connectivity index (χ0) is 19.1. The van der Waals surface area contributed by atoms with Crippen LogP contribution in [0.1, 0.15) is 23.0 Å². The Morgan fingerprint density at radius 2 is 2.00 bits per heavy atom. The monoisotopic (exact) mass is 364 g/mol. The molecule has 1 amide bonds. The largest absolute Gasteiger partial charge is 0.497 e. The Hall–Kier alpha value is -3.61. The fourth-order valence-electron chi connectivity index (χ4n) is 2.45. The van der Waals surface area contributed by atoms with Crippen molar-refractivity contribution in [3.05, 3.63) is 65.9 Å². The molecular formula is C20H20N4O3. The van der Waals surface area contributed by atoms with Gasteiger partial charge < -0.3 is 9.47 Å². The summed E-state index contributed by atoms with van der Waals surface area (Å²) in [5, 5.41) is 10.9. The maximum atomic E-state index is 12.2. The van der Waals surface area contributed by atoms with E-state index in [4.69, 9.17) is 9.47 Å². The number of hydrogen-bond donors (Lipinski definition) is 2. The first-order valence-corrected chi connectivity index (χ1v) is 8.45. The van der Waals surface area contributed by atoms with E-state index in [-0.39, 0.29) is 5.91 Å². The lowest BCUT2D eigenvalue weighted by Gasteiger charge is -2.03. The Labute approximate surface area is 157 Å². The second kappa shape index (κ2) is 8.66. The average Bonchev–Trinajstić information content (AvgIpc) is 3.19. The van der Waals surface area contributed by atoms with Crippen molar-refractivity contribution >= 4 is 12.1 Å². The Bertz CT molecular complexity index is 950. The van der Waals surface area contributed by atoms with Crippen molar-refractivity contribution in [2.45, 2.75) is 6.92 Å². The van der Waals surface area contributed by atoms with Crippen LogP contribution in [0, 0.1) is 0 Å². The number of methoxy groups -OCH3 is 1. The smallest absolute Gasteiger partial charge is 0.289 e. The third-order valence-corrected chi connectivity index (χ3v) is 3.74. The van der Waals surface area contributed by atoms with Crippen LogP contribution in [0.4, 0.5) is 0 Å². The van der Waals surface area contributed by atoms with Crippen LogP contribution in [-0.4, -0.2) is 36.0 Å². The summed E-state index contributed by atoms with van der Waals surface area (Å²) in [6.45, 7) is 2.51. The molecule has 0 aliphatic heterocycles. The van der Waals surface area contributed by atoms with Gasteiger partial charge in [0.25, 0.3) is 5.91 Å². The number of hydrazone groups is 1. The first-order chi connectivity index (χ1) is 13.2. The zero-order valence-electron chi connectivity index (χ0n) is 15.1. The van der Waals surface area contributed by atoms with Gasteiger partial charge in [0.05, 0.1) is 25.6 Å². The number of carbonyl (C=O) groups excluding carboxylic acids is 1. The molecule has 0 aliphatic rings. The molecule has 0 saturated carbocycles. The third kappa shape index (κ3) is 4.72. The average molecular weight is 364 g/mol. The molecule has 0 spiro atoms.